The quantitative estimate of drug-likeness (QED) is 0.681. The zero-order valence-corrected chi connectivity index (χ0v) is 17.4. The van der Waals surface area contributed by atoms with Gasteiger partial charge < -0.3 is 4.74 Å². The Hall–Kier alpha value is -3.22. The van der Waals surface area contributed by atoms with Crippen LogP contribution in [0, 0.1) is 20.8 Å². The number of aryl methyl sites for hydroxylation is 3. The van der Waals surface area contributed by atoms with Crippen LogP contribution in [0.15, 0.2) is 30.3 Å². The molecule has 7 nitrogen and oxygen atoms in total. The summed E-state index contributed by atoms with van der Waals surface area (Å²) in [5, 5.41) is 4.74. The van der Waals surface area contributed by atoms with Crippen LogP contribution in [-0.4, -0.2) is 39.3 Å². The number of carbonyl (C=O) groups is 1. The first kappa shape index (κ1) is 19.1. The normalized spacial score (nSPS) is 16.1. The van der Waals surface area contributed by atoms with Crippen molar-refractivity contribution in [2.45, 2.75) is 40.0 Å². The minimum atomic E-state index is -0.129. The highest BCUT2D eigenvalue weighted by Crippen LogP contribution is 2.44. The summed E-state index contributed by atoms with van der Waals surface area (Å²) in [5.74, 6) is 1.90. The molecule has 0 N–H and O–H groups in total. The number of hydrogen-bond acceptors (Lipinski definition) is 5. The van der Waals surface area contributed by atoms with E-state index in [1.165, 1.54) is 0 Å². The largest absolute Gasteiger partial charge is 0.494 e. The molecule has 0 fully saturated rings. The number of nitrogens with zero attached hydrogens (tertiary/aromatic N) is 5. The number of aromatic nitrogens is 4. The lowest BCUT2D eigenvalue weighted by atomic mass is 9.84. The molecule has 0 spiro atoms. The third kappa shape index (κ3) is 3.26. The van der Waals surface area contributed by atoms with Gasteiger partial charge in [-0.05, 0) is 39.8 Å². The molecule has 7 heteroatoms. The monoisotopic (exact) mass is 391 g/mol. The van der Waals surface area contributed by atoms with E-state index >= 15 is 0 Å². The van der Waals surface area contributed by atoms with Gasteiger partial charge in [0.25, 0.3) is 5.95 Å². The molecule has 1 aliphatic rings. The Balaban J connectivity index is 1.93. The van der Waals surface area contributed by atoms with Gasteiger partial charge in [0, 0.05) is 41.9 Å². The number of ether oxygens (including phenoxy) is 1. The fourth-order valence-electron chi connectivity index (χ4n) is 4.05. The lowest BCUT2D eigenvalue weighted by Crippen LogP contribution is -2.35. The van der Waals surface area contributed by atoms with Crippen LogP contribution in [0.4, 0.5) is 5.82 Å². The van der Waals surface area contributed by atoms with Gasteiger partial charge in [-0.1, -0.05) is 18.2 Å². The second-order valence-electron chi connectivity index (χ2n) is 7.37. The van der Waals surface area contributed by atoms with Crippen molar-refractivity contribution in [3.63, 3.8) is 0 Å². The lowest BCUT2D eigenvalue weighted by molar-refractivity contribution is -0.118. The molecule has 150 valence electrons. The van der Waals surface area contributed by atoms with Gasteiger partial charge >= 0.3 is 0 Å². The summed E-state index contributed by atoms with van der Waals surface area (Å²) in [6.07, 6.45) is 0.369. The maximum atomic E-state index is 12.9. The highest BCUT2D eigenvalue weighted by molar-refractivity contribution is 5.97. The van der Waals surface area contributed by atoms with Crippen LogP contribution in [0.1, 0.15) is 47.5 Å². The van der Waals surface area contributed by atoms with E-state index in [1.807, 2.05) is 58.0 Å². The lowest BCUT2D eigenvalue weighted by Gasteiger charge is -2.31. The smallest absolute Gasteiger partial charge is 0.252 e. The number of hydrogen-bond donors (Lipinski definition) is 0. The van der Waals surface area contributed by atoms with Crippen molar-refractivity contribution in [1.82, 2.24) is 19.7 Å². The van der Waals surface area contributed by atoms with E-state index in [2.05, 4.69) is 9.97 Å². The number of carbonyl (C=O) groups excluding carboxylic acids is 1. The maximum absolute atomic E-state index is 12.9. The van der Waals surface area contributed by atoms with Crippen molar-refractivity contribution < 1.29 is 9.53 Å². The standard InChI is InChI=1S/C22H25N5O2/c1-6-29-18-10-8-7-9-16(18)17-12-19(28)26(5)21-20(17)15(4)25-27(21)22-23-13(2)11-14(3)24-22/h7-11,17H,6,12H2,1-5H3/t17-/m0/s1. The average molecular weight is 391 g/mol. The summed E-state index contributed by atoms with van der Waals surface area (Å²) < 4.78 is 7.55. The van der Waals surface area contributed by atoms with E-state index in [0.29, 0.717) is 19.0 Å². The van der Waals surface area contributed by atoms with E-state index in [9.17, 15) is 4.79 Å². The van der Waals surface area contributed by atoms with Crippen LogP contribution < -0.4 is 9.64 Å². The Labute approximate surface area is 170 Å². The van der Waals surface area contributed by atoms with Crippen molar-refractivity contribution in [1.29, 1.82) is 0 Å². The van der Waals surface area contributed by atoms with Crippen LogP contribution in [-0.2, 0) is 4.79 Å². The Morgan fingerprint density at radius 2 is 1.83 bits per heavy atom. The van der Waals surface area contributed by atoms with Gasteiger partial charge in [0.2, 0.25) is 5.91 Å². The van der Waals surface area contributed by atoms with Gasteiger partial charge in [-0.2, -0.15) is 9.78 Å². The molecule has 2 aromatic heterocycles. The summed E-state index contributed by atoms with van der Waals surface area (Å²) in [6, 6.07) is 9.83. The first-order valence-corrected chi connectivity index (χ1v) is 9.81. The minimum absolute atomic E-state index is 0.0272. The Morgan fingerprint density at radius 3 is 2.52 bits per heavy atom. The number of anilines is 1. The fraction of sp³-hybridized carbons (Fsp3) is 0.364. The van der Waals surface area contributed by atoms with E-state index < -0.39 is 0 Å². The topological polar surface area (TPSA) is 73.1 Å². The summed E-state index contributed by atoms with van der Waals surface area (Å²) in [7, 11) is 1.78. The summed E-state index contributed by atoms with van der Waals surface area (Å²) in [6.45, 7) is 8.35. The third-order valence-electron chi connectivity index (χ3n) is 5.25. The number of fused-ring (bicyclic) bond motifs is 1. The van der Waals surface area contributed by atoms with Gasteiger partial charge in [-0.25, -0.2) is 9.97 Å². The number of amides is 1. The molecule has 1 amide bonds. The second-order valence-corrected chi connectivity index (χ2v) is 7.37. The average Bonchev–Trinajstić information content (AvgIpc) is 3.02. The number of para-hydroxylation sites is 1. The van der Waals surface area contributed by atoms with Crippen LogP contribution >= 0.6 is 0 Å². The van der Waals surface area contributed by atoms with E-state index in [1.54, 1.807) is 16.6 Å². The van der Waals surface area contributed by atoms with E-state index in [0.717, 1.165) is 39.8 Å². The van der Waals surface area contributed by atoms with E-state index in [4.69, 9.17) is 9.84 Å². The molecule has 0 saturated heterocycles. The van der Waals surface area contributed by atoms with Crippen LogP contribution in [0.2, 0.25) is 0 Å². The van der Waals surface area contributed by atoms with Gasteiger partial charge in [0.15, 0.2) is 0 Å². The first-order chi connectivity index (χ1) is 13.9. The predicted molar refractivity (Wildman–Crippen MR) is 111 cm³/mol. The van der Waals surface area contributed by atoms with Crippen LogP contribution in [0.5, 0.6) is 5.75 Å². The maximum Gasteiger partial charge on any atom is 0.252 e. The summed E-state index contributed by atoms with van der Waals surface area (Å²) in [4.78, 5) is 23.7. The van der Waals surface area contributed by atoms with Crippen molar-refractivity contribution in [2.24, 2.45) is 0 Å². The molecular weight excluding hydrogens is 366 g/mol. The molecule has 1 aromatic carbocycles. The molecule has 4 rings (SSSR count). The summed E-state index contributed by atoms with van der Waals surface area (Å²) in [5.41, 5.74) is 4.59. The fourth-order valence-corrected chi connectivity index (χ4v) is 4.05. The zero-order chi connectivity index (χ0) is 20.7. The zero-order valence-electron chi connectivity index (χ0n) is 17.4. The molecule has 3 aromatic rings. The molecule has 0 bridgehead atoms. The van der Waals surface area contributed by atoms with Crippen molar-refractivity contribution in [3.8, 4) is 11.7 Å². The number of rotatable bonds is 4. The van der Waals surface area contributed by atoms with Crippen LogP contribution in [0.25, 0.3) is 5.95 Å². The molecular formula is C22H25N5O2. The van der Waals surface area contributed by atoms with Gasteiger partial charge in [0.05, 0.1) is 12.3 Å². The molecule has 29 heavy (non-hydrogen) atoms. The summed E-state index contributed by atoms with van der Waals surface area (Å²) >= 11 is 0. The Morgan fingerprint density at radius 1 is 1.14 bits per heavy atom. The highest BCUT2D eigenvalue weighted by atomic mass is 16.5. The molecule has 3 heterocycles. The molecule has 1 atom stereocenters. The minimum Gasteiger partial charge on any atom is -0.494 e. The Kier molecular flexibility index (Phi) is 4.82. The second kappa shape index (κ2) is 7.31. The third-order valence-corrected chi connectivity index (χ3v) is 5.25. The predicted octanol–water partition coefficient (Wildman–Crippen LogP) is 3.48. The molecule has 0 radical (unpaired) electrons. The Bertz CT molecular complexity index is 1070. The highest BCUT2D eigenvalue weighted by Gasteiger charge is 2.37. The number of benzene rings is 1. The van der Waals surface area contributed by atoms with Crippen LogP contribution in [0.3, 0.4) is 0 Å². The molecule has 1 aliphatic heterocycles. The SMILES string of the molecule is CCOc1ccccc1[C@@H]1CC(=O)N(C)c2c1c(C)nn2-c1nc(C)cc(C)n1. The van der Waals surface area contributed by atoms with Crippen molar-refractivity contribution in [2.75, 3.05) is 18.6 Å². The van der Waals surface area contributed by atoms with E-state index in [-0.39, 0.29) is 11.8 Å². The van der Waals surface area contributed by atoms with Crippen molar-refractivity contribution in [3.05, 3.63) is 58.5 Å². The van der Waals surface area contributed by atoms with Gasteiger partial charge in [-0.3, -0.25) is 9.69 Å². The first-order valence-electron chi connectivity index (χ1n) is 9.81. The van der Waals surface area contributed by atoms with Gasteiger partial charge in [-0.15, -0.1) is 0 Å². The molecule has 0 saturated carbocycles. The molecule has 0 aliphatic carbocycles. The van der Waals surface area contributed by atoms with Crippen molar-refractivity contribution >= 4 is 11.7 Å². The molecule has 0 unspecified atom stereocenters. The van der Waals surface area contributed by atoms with Gasteiger partial charge in [0.1, 0.15) is 11.6 Å².